The SMILES string of the molecule is CC(C)(C)C(=O)n1ccc(N2C[C@@H](F)C[C@@H]2c2cc(F)ccc2F)n1. The zero-order chi connectivity index (χ0) is 18.4. The Hall–Kier alpha value is -2.31. The lowest BCUT2D eigenvalue weighted by molar-refractivity contribution is 0.0749. The van der Waals surface area contributed by atoms with Crippen molar-refractivity contribution in [3.63, 3.8) is 0 Å². The van der Waals surface area contributed by atoms with Gasteiger partial charge in [-0.3, -0.25) is 4.79 Å². The highest BCUT2D eigenvalue weighted by atomic mass is 19.1. The molecule has 4 nitrogen and oxygen atoms in total. The maximum absolute atomic E-state index is 14.1. The lowest BCUT2D eigenvalue weighted by Gasteiger charge is -2.25. The van der Waals surface area contributed by atoms with E-state index in [1.807, 2.05) is 0 Å². The van der Waals surface area contributed by atoms with Crippen LogP contribution in [-0.2, 0) is 0 Å². The summed E-state index contributed by atoms with van der Waals surface area (Å²) >= 11 is 0. The van der Waals surface area contributed by atoms with Gasteiger partial charge in [0.05, 0.1) is 12.6 Å². The van der Waals surface area contributed by atoms with Crippen molar-refractivity contribution in [3.05, 3.63) is 47.7 Å². The second-order valence-electron chi connectivity index (χ2n) is 7.34. The first kappa shape index (κ1) is 17.5. The third-order valence-corrected chi connectivity index (χ3v) is 4.29. The molecule has 0 bridgehead atoms. The quantitative estimate of drug-likeness (QED) is 0.816. The molecule has 0 unspecified atom stereocenters. The molecule has 0 amide bonds. The topological polar surface area (TPSA) is 38.1 Å². The average Bonchev–Trinajstić information content (AvgIpc) is 3.14. The van der Waals surface area contributed by atoms with E-state index in [2.05, 4.69) is 5.10 Å². The highest BCUT2D eigenvalue weighted by Gasteiger charge is 2.36. The normalized spacial score (nSPS) is 21.0. The first-order chi connectivity index (χ1) is 11.7. The number of alkyl halides is 1. The third kappa shape index (κ3) is 3.41. The van der Waals surface area contributed by atoms with Crippen molar-refractivity contribution in [2.45, 2.75) is 39.4 Å². The Bertz CT molecular complexity index is 797. The second kappa shape index (κ2) is 6.20. The number of rotatable bonds is 2. The van der Waals surface area contributed by atoms with Gasteiger partial charge in [0, 0.05) is 29.7 Å². The Morgan fingerprint density at radius 1 is 1.24 bits per heavy atom. The fourth-order valence-corrected chi connectivity index (χ4v) is 3.03. The van der Waals surface area contributed by atoms with E-state index in [4.69, 9.17) is 0 Å². The number of hydrogen-bond acceptors (Lipinski definition) is 3. The third-order valence-electron chi connectivity index (χ3n) is 4.29. The second-order valence-corrected chi connectivity index (χ2v) is 7.34. The van der Waals surface area contributed by atoms with Crippen molar-refractivity contribution in [1.82, 2.24) is 9.78 Å². The summed E-state index contributed by atoms with van der Waals surface area (Å²) < 4.78 is 42.9. The van der Waals surface area contributed by atoms with Crippen LogP contribution in [0.15, 0.2) is 30.5 Å². The monoisotopic (exact) mass is 351 g/mol. The maximum atomic E-state index is 14.1. The van der Waals surface area contributed by atoms with Crippen LogP contribution < -0.4 is 4.90 Å². The lowest BCUT2D eigenvalue weighted by Crippen LogP contribution is -2.28. The fourth-order valence-electron chi connectivity index (χ4n) is 3.03. The van der Waals surface area contributed by atoms with Crippen LogP contribution >= 0.6 is 0 Å². The van der Waals surface area contributed by atoms with Crippen LogP contribution in [0.2, 0.25) is 0 Å². The molecule has 1 saturated heterocycles. The first-order valence-corrected chi connectivity index (χ1v) is 8.13. The smallest absolute Gasteiger partial charge is 0.252 e. The standard InChI is InChI=1S/C18H20F3N3O/c1-18(2,3)17(25)24-7-6-16(22-24)23-10-12(20)9-15(23)13-8-11(19)4-5-14(13)21/h4-8,12,15H,9-10H2,1-3H3/t12-,15+/m0/s1. The van der Waals surface area contributed by atoms with Crippen LogP contribution in [0, 0.1) is 17.0 Å². The number of nitrogens with zero attached hydrogens (tertiary/aromatic N) is 3. The Balaban J connectivity index is 1.94. The van der Waals surface area contributed by atoms with Crippen LogP contribution in [0.3, 0.4) is 0 Å². The average molecular weight is 351 g/mol. The molecule has 0 radical (unpaired) electrons. The lowest BCUT2D eigenvalue weighted by atomic mass is 9.96. The van der Waals surface area contributed by atoms with Gasteiger partial charge < -0.3 is 4.90 Å². The summed E-state index contributed by atoms with van der Waals surface area (Å²) in [6.45, 7) is 5.33. The van der Waals surface area contributed by atoms with Crippen LogP contribution in [-0.4, -0.2) is 28.4 Å². The van der Waals surface area contributed by atoms with Gasteiger partial charge in [0.15, 0.2) is 5.82 Å². The van der Waals surface area contributed by atoms with Crippen molar-refractivity contribution in [3.8, 4) is 0 Å². The molecule has 1 aromatic carbocycles. The Labute approximate surface area is 144 Å². The number of aromatic nitrogens is 2. The summed E-state index contributed by atoms with van der Waals surface area (Å²) in [4.78, 5) is 13.9. The summed E-state index contributed by atoms with van der Waals surface area (Å²) in [5, 5.41) is 4.23. The van der Waals surface area contributed by atoms with E-state index < -0.39 is 29.3 Å². The van der Waals surface area contributed by atoms with Crippen LogP contribution in [0.4, 0.5) is 19.0 Å². The number of carbonyl (C=O) groups excluding carboxylic acids is 1. The number of hydrogen-bond donors (Lipinski definition) is 0. The van der Waals surface area contributed by atoms with E-state index in [9.17, 15) is 18.0 Å². The van der Waals surface area contributed by atoms with Gasteiger partial charge in [-0.05, 0) is 18.2 Å². The first-order valence-electron chi connectivity index (χ1n) is 8.13. The predicted molar refractivity (Wildman–Crippen MR) is 88.3 cm³/mol. The van der Waals surface area contributed by atoms with Crippen molar-refractivity contribution < 1.29 is 18.0 Å². The molecule has 0 saturated carbocycles. The molecule has 1 aliphatic rings. The predicted octanol–water partition coefficient (Wildman–Crippen LogP) is 4.14. The Morgan fingerprint density at radius 3 is 2.64 bits per heavy atom. The van der Waals surface area contributed by atoms with Crippen molar-refractivity contribution in [2.24, 2.45) is 5.41 Å². The van der Waals surface area contributed by atoms with Gasteiger partial charge in [-0.1, -0.05) is 20.8 Å². The zero-order valence-corrected chi connectivity index (χ0v) is 14.3. The summed E-state index contributed by atoms with van der Waals surface area (Å²) in [5.41, 5.74) is -0.526. The molecular weight excluding hydrogens is 331 g/mol. The molecule has 0 N–H and O–H groups in total. The molecular formula is C18H20F3N3O. The molecule has 1 aliphatic heterocycles. The van der Waals surface area contributed by atoms with Gasteiger partial charge in [-0.25, -0.2) is 17.9 Å². The molecule has 3 rings (SSSR count). The zero-order valence-electron chi connectivity index (χ0n) is 14.3. The van der Waals surface area contributed by atoms with E-state index >= 15 is 0 Å². The highest BCUT2D eigenvalue weighted by Crippen LogP contribution is 2.38. The number of anilines is 1. The summed E-state index contributed by atoms with van der Waals surface area (Å²) in [6, 6.07) is 4.07. The Morgan fingerprint density at radius 2 is 1.96 bits per heavy atom. The molecule has 1 aromatic heterocycles. The number of benzene rings is 1. The van der Waals surface area contributed by atoms with Gasteiger partial charge in [-0.2, -0.15) is 0 Å². The van der Waals surface area contributed by atoms with Gasteiger partial charge in [0.25, 0.3) is 5.91 Å². The van der Waals surface area contributed by atoms with Gasteiger partial charge in [0.2, 0.25) is 0 Å². The molecule has 25 heavy (non-hydrogen) atoms. The summed E-state index contributed by atoms with van der Waals surface area (Å²) in [6.07, 6.45) is 0.365. The van der Waals surface area contributed by atoms with Crippen LogP contribution in [0.5, 0.6) is 0 Å². The molecule has 1 fully saturated rings. The molecule has 0 aliphatic carbocycles. The summed E-state index contributed by atoms with van der Waals surface area (Å²) in [7, 11) is 0. The minimum atomic E-state index is -1.18. The van der Waals surface area contributed by atoms with Crippen molar-refractivity contribution >= 4 is 11.7 Å². The minimum Gasteiger partial charge on any atom is -0.345 e. The molecule has 2 atom stereocenters. The number of carbonyl (C=O) groups is 1. The van der Waals surface area contributed by atoms with Crippen LogP contribution in [0.25, 0.3) is 0 Å². The molecule has 0 spiro atoms. The van der Waals surface area contributed by atoms with E-state index in [1.54, 1.807) is 31.7 Å². The van der Waals surface area contributed by atoms with E-state index in [1.165, 1.54) is 10.9 Å². The maximum Gasteiger partial charge on any atom is 0.252 e. The molecule has 134 valence electrons. The van der Waals surface area contributed by atoms with Gasteiger partial charge in [0.1, 0.15) is 17.8 Å². The molecule has 2 heterocycles. The minimum absolute atomic E-state index is 0.0152. The van der Waals surface area contributed by atoms with Gasteiger partial charge >= 0.3 is 0 Å². The van der Waals surface area contributed by atoms with E-state index in [-0.39, 0.29) is 24.4 Å². The van der Waals surface area contributed by atoms with E-state index in [0.717, 1.165) is 18.2 Å². The summed E-state index contributed by atoms with van der Waals surface area (Å²) in [5.74, 6) is -1.00. The van der Waals surface area contributed by atoms with Crippen molar-refractivity contribution in [2.75, 3.05) is 11.4 Å². The van der Waals surface area contributed by atoms with Crippen LogP contribution in [0.1, 0.15) is 43.6 Å². The highest BCUT2D eigenvalue weighted by molar-refractivity contribution is 5.83. The largest absolute Gasteiger partial charge is 0.345 e. The fraction of sp³-hybridized carbons (Fsp3) is 0.444. The Kier molecular flexibility index (Phi) is 4.34. The van der Waals surface area contributed by atoms with Crippen molar-refractivity contribution in [1.29, 1.82) is 0 Å². The molecule has 2 aromatic rings. The molecule has 7 heteroatoms. The number of halogens is 3. The van der Waals surface area contributed by atoms with E-state index in [0.29, 0.717) is 5.82 Å². The van der Waals surface area contributed by atoms with Gasteiger partial charge in [-0.15, -0.1) is 5.10 Å².